The van der Waals surface area contributed by atoms with Crippen LogP contribution in [0.4, 0.5) is 9.59 Å². The minimum atomic E-state index is -0.363. The summed E-state index contributed by atoms with van der Waals surface area (Å²) in [5.41, 5.74) is -0.0580. The van der Waals surface area contributed by atoms with Gasteiger partial charge in [-0.1, -0.05) is 130 Å². The van der Waals surface area contributed by atoms with Crippen molar-refractivity contribution in [3.63, 3.8) is 0 Å². The molecule has 0 atom stereocenters. The first kappa shape index (κ1) is 51.5. The molecule has 2 amide bonds. The third-order valence-corrected chi connectivity index (χ3v) is 9.47. The van der Waals surface area contributed by atoms with Gasteiger partial charge in [-0.25, -0.2) is 9.59 Å². The zero-order valence-electron chi connectivity index (χ0n) is 36.4. The van der Waals surface area contributed by atoms with Gasteiger partial charge < -0.3 is 29.7 Å². The SMILES string of the molecule is CCCCCC/C=C\COC(=O)NCCCCCCC(CCCCCCNC(=O)OC/C=C\CCCCCC)OC(=O)CC(C)(C)CC(C)(C)CN(C)C. The third kappa shape index (κ3) is 35.2. The van der Waals surface area contributed by atoms with E-state index in [1.165, 1.54) is 51.4 Å². The summed E-state index contributed by atoms with van der Waals surface area (Å²) in [6.45, 7) is 16.1. The van der Waals surface area contributed by atoms with Crippen LogP contribution < -0.4 is 10.6 Å². The Morgan fingerprint density at radius 1 is 0.593 bits per heavy atom. The van der Waals surface area contributed by atoms with Gasteiger partial charge in [0, 0.05) is 19.6 Å². The zero-order valence-corrected chi connectivity index (χ0v) is 36.4. The molecule has 316 valence electrons. The van der Waals surface area contributed by atoms with Crippen LogP contribution in [-0.2, 0) is 19.0 Å². The molecule has 9 heteroatoms. The summed E-state index contributed by atoms with van der Waals surface area (Å²) in [6.07, 6.45) is 30.0. The molecule has 9 nitrogen and oxygen atoms in total. The molecule has 0 radical (unpaired) electrons. The van der Waals surface area contributed by atoms with Gasteiger partial charge in [-0.3, -0.25) is 4.79 Å². The maximum atomic E-state index is 13.2. The van der Waals surface area contributed by atoms with E-state index in [0.717, 1.165) is 90.0 Å². The number of carbonyl (C=O) groups excluding carboxylic acids is 3. The highest BCUT2D eigenvalue weighted by atomic mass is 16.6. The van der Waals surface area contributed by atoms with Gasteiger partial charge in [-0.15, -0.1) is 0 Å². The normalized spacial score (nSPS) is 12.3. The smallest absolute Gasteiger partial charge is 0.407 e. The lowest BCUT2D eigenvalue weighted by molar-refractivity contribution is -0.152. The van der Waals surface area contributed by atoms with Crippen molar-refractivity contribution in [2.24, 2.45) is 10.8 Å². The summed E-state index contributed by atoms with van der Waals surface area (Å²) in [5, 5.41) is 5.70. The predicted molar refractivity (Wildman–Crippen MR) is 226 cm³/mol. The summed E-state index contributed by atoms with van der Waals surface area (Å²) in [6, 6.07) is 0. The molecule has 54 heavy (non-hydrogen) atoms. The monoisotopic (exact) mass is 764 g/mol. The topological polar surface area (TPSA) is 106 Å². The summed E-state index contributed by atoms with van der Waals surface area (Å²) < 4.78 is 16.6. The third-order valence-electron chi connectivity index (χ3n) is 9.47. The highest BCUT2D eigenvalue weighted by Gasteiger charge is 2.32. The number of alkyl carbamates (subject to hydrolysis) is 2. The number of ether oxygens (including phenoxy) is 3. The largest absolute Gasteiger partial charge is 0.462 e. The van der Waals surface area contributed by atoms with Crippen LogP contribution in [0, 0.1) is 10.8 Å². The fourth-order valence-corrected chi connectivity index (χ4v) is 7.33. The number of unbranched alkanes of at least 4 members (excludes halogenated alkanes) is 14. The van der Waals surface area contributed by atoms with E-state index in [1.807, 2.05) is 12.2 Å². The van der Waals surface area contributed by atoms with Gasteiger partial charge in [-0.2, -0.15) is 0 Å². The van der Waals surface area contributed by atoms with Crippen LogP contribution in [0.1, 0.15) is 183 Å². The lowest BCUT2D eigenvalue weighted by Gasteiger charge is -2.36. The zero-order chi connectivity index (χ0) is 40.3. The number of esters is 1. The molecule has 0 bridgehead atoms. The summed E-state index contributed by atoms with van der Waals surface area (Å²) in [5.74, 6) is -0.103. The first-order valence-electron chi connectivity index (χ1n) is 21.8. The molecule has 0 aliphatic carbocycles. The number of amides is 2. The van der Waals surface area contributed by atoms with Crippen LogP contribution in [0.2, 0.25) is 0 Å². The minimum absolute atomic E-state index is 0.0938. The van der Waals surface area contributed by atoms with Crippen LogP contribution >= 0.6 is 0 Å². The molecule has 2 N–H and O–H groups in total. The first-order valence-corrected chi connectivity index (χ1v) is 21.8. The van der Waals surface area contributed by atoms with Crippen molar-refractivity contribution in [3.8, 4) is 0 Å². The number of nitrogens with one attached hydrogen (secondary N) is 2. The van der Waals surface area contributed by atoms with Crippen molar-refractivity contribution >= 4 is 18.2 Å². The van der Waals surface area contributed by atoms with E-state index in [1.54, 1.807) is 0 Å². The number of carbonyl (C=O) groups is 3. The molecule has 0 aromatic heterocycles. The molecule has 0 unspecified atom stereocenters. The van der Waals surface area contributed by atoms with E-state index >= 15 is 0 Å². The van der Waals surface area contributed by atoms with Gasteiger partial charge in [0.05, 0.1) is 6.42 Å². The number of allylic oxidation sites excluding steroid dienone is 2. The van der Waals surface area contributed by atoms with Gasteiger partial charge in [0.25, 0.3) is 0 Å². The fourth-order valence-electron chi connectivity index (χ4n) is 7.33. The molecule has 0 fully saturated rings. The van der Waals surface area contributed by atoms with Crippen molar-refractivity contribution < 1.29 is 28.6 Å². The van der Waals surface area contributed by atoms with Crippen molar-refractivity contribution in [1.29, 1.82) is 0 Å². The Labute approximate surface area is 332 Å². The molecule has 0 rings (SSSR count). The summed E-state index contributed by atoms with van der Waals surface area (Å²) >= 11 is 0. The number of hydrogen-bond donors (Lipinski definition) is 2. The van der Waals surface area contributed by atoms with Crippen LogP contribution in [0.5, 0.6) is 0 Å². The predicted octanol–water partition coefficient (Wildman–Crippen LogP) is 11.7. The molecule has 0 aliphatic rings. The van der Waals surface area contributed by atoms with Gasteiger partial charge in [0.1, 0.15) is 19.3 Å². The highest BCUT2D eigenvalue weighted by Crippen LogP contribution is 2.37. The minimum Gasteiger partial charge on any atom is -0.462 e. The average Bonchev–Trinajstić information content (AvgIpc) is 3.08. The number of rotatable bonds is 35. The molecule has 0 aromatic carbocycles. The van der Waals surface area contributed by atoms with Crippen LogP contribution in [0.15, 0.2) is 24.3 Å². The number of nitrogens with zero attached hydrogens (tertiary/aromatic N) is 1. The van der Waals surface area contributed by atoms with Crippen LogP contribution in [-0.4, -0.2) is 76.1 Å². The van der Waals surface area contributed by atoms with E-state index in [4.69, 9.17) is 14.2 Å². The van der Waals surface area contributed by atoms with Crippen LogP contribution in [0.3, 0.4) is 0 Å². The fraction of sp³-hybridized carbons (Fsp3) is 0.844. The Morgan fingerprint density at radius 2 is 1.04 bits per heavy atom. The molecule has 0 saturated carbocycles. The Morgan fingerprint density at radius 3 is 1.48 bits per heavy atom. The molecular weight excluding hydrogens is 679 g/mol. The van der Waals surface area contributed by atoms with Gasteiger partial charge in [-0.05, 0) is 95.6 Å². The van der Waals surface area contributed by atoms with Gasteiger partial charge in [0.15, 0.2) is 0 Å². The van der Waals surface area contributed by atoms with Gasteiger partial charge in [0.2, 0.25) is 0 Å². The number of hydrogen-bond acceptors (Lipinski definition) is 7. The standard InChI is InChI=1S/C45H85N3O6/c1-9-11-13-15-17-23-29-35-52-42(50)46-33-27-21-19-25-31-40(54-41(49)37-44(3,4)38-45(5,6)39-48(7)8)32-26-20-22-28-34-47-43(51)53-36-30-24-18-16-14-12-10-2/h23-24,29-30,40H,9-22,25-28,31-39H2,1-8H3,(H,46,50)(H,47,51)/b29-23-,30-24-. The van der Waals surface area contributed by atoms with Crippen molar-refractivity contribution in [1.82, 2.24) is 15.5 Å². The summed E-state index contributed by atoms with van der Waals surface area (Å²) in [7, 11) is 4.19. The quantitative estimate of drug-likeness (QED) is 0.0286. The Bertz CT molecular complexity index is 942. The van der Waals surface area contributed by atoms with E-state index in [9.17, 15) is 14.4 Å². The first-order chi connectivity index (χ1) is 25.8. The second kappa shape index (κ2) is 33.8. The van der Waals surface area contributed by atoms with E-state index in [2.05, 4.69) is 83.3 Å². The lowest BCUT2D eigenvalue weighted by Crippen LogP contribution is -2.34. The Kier molecular flexibility index (Phi) is 32.2. The van der Waals surface area contributed by atoms with E-state index in [0.29, 0.717) is 32.7 Å². The Hall–Kier alpha value is -2.55. The highest BCUT2D eigenvalue weighted by molar-refractivity contribution is 5.70. The lowest BCUT2D eigenvalue weighted by atomic mass is 9.73. The molecule has 0 aliphatic heterocycles. The molecule has 0 spiro atoms. The summed E-state index contributed by atoms with van der Waals surface area (Å²) in [4.78, 5) is 39.4. The Balaban J connectivity index is 4.57. The second-order valence-electron chi connectivity index (χ2n) is 17.1. The van der Waals surface area contributed by atoms with Crippen molar-refractivity contribution in [3.05, 3.63) is 24.3 Å². The van der Waals surface area contributed by atoms with Crippen molar-refractivity contribution in [2.75, 3.05) is 46.9 Å². The molecular formula is C45H85N3O6. The molecule has 0 heterocycles. The maximum Gasteiger partial charge on any atom is 0.407 e. The average molecular weight is 764 g/mol. The second-order valence-corrected chi connectivity index (χ2v) is 17.1. The van der Waals surface area contributed by atoms with Gasteiger partial charge >= 0.3 is 18.2 Å². The maximum absolute atomic E-state index is 13.2. The molecule has 0 saturated heterocycles. The van der Waals surface area contributed by atoms with Crippen molar-refractivity contribution in [2.45, 2.75) is 189 Å². The van der Waals surface area contributed by atoms with E-state index < -0.39 is 0 Å². The van der Waals surface area contributed by atoms with E-state index in [-0.39, 0.29) is 35.1 Å². The van der Waals surface area contributed by atoms with Crippen LogP contribution in [0.25, 0.3) is 0 Å². The molecule has 0 aromatic rings.